The lowest BCUT2D eigenvalue weighted by atomic mass is 9.85. The summed E-state index contributed by atoms with van der Waals surface area (Å²) in [5.41, 5.74) is 1.43. The molecule has 20 heavy (non-hydrogen) atoms. The molecule has 0 saturated heterocycles. The van der Waals surface area contributed by atoms with Crippen LogP contribution in [0.25, 0.3) is 0 Å². The first-order chi connectivity index (χ1) is 9.49. The first kappa shape index (κ1) is 14.1. The second kappa shape index (κ2) is 5.15. The maximum atomic E-state index is 12.3. The van der Waals surface area contributed by atoms with Crippen LogP contribution in [0.1, 0.15) is 50.5 Å². The summed E-state index contributed by atoms with van der Waals surface area (Å²) in [6.45, 7) is 1.94. The molecule has 0 bridgehead atoms. The molecule has 1 aromatic carbocycles. The lowest BCUT2D eigenvalue weighted by Gasteiger charge is -2.22. The van der Waals surface area contributed by atoms with Crippen molar-refractivity contribution in [1.82, 2.24) is 0 Å². The Kier molecular flexibility index (Phi) is 3.63. The van der Waals surface area contributed by atoms with Crippen molar-refractivity contribution in [2.75, 3.05) is 0 Å². The SMILES string of the molecule is Cc1ccc(S(=O)(=O)OC2CCC3(CCCC3)C2)cc1. The summed E-state index contributed by atoms with van der Waals surface area (Å²) in [7, 11) is -3.61. The lowest BCUT2D eigenvalue weighted by molar-refractivity contribution is 0.190. The molecular formula is C16H22O3S. The van der Waals surface area contributed by atoms with Crippen LogP contribution in [-0.2, 0) is 14.3 Å². The first-order valence-corrected chi connectivity index (χ1v) is 8.90. The van der Waals surface area contributed by atoms with Gasteiger partial charge in [0.25, 0.3) is 10.1 Å². The van der Waals surface area contributed by atoms with Gasteiger partial charge in [-0.2, -0.15) is 8.42 Å². The number of aryl methyl sites for hydroxylation is 1. The van der Waals surface area contributed by atoms with Gasteiger partial charge in [-0.3, -0.25) is 4.18 Å². The van der Waals surface area contributed by atoms with E-state index in [1.807, 2.05) is 19.1 Å². The summed E-state index contributed by atoms with van der Waals surface area (Å²) in [6, 6.07) is 6.88. The minimum absolute atomic E-state index is 0.126. The molecule has 2 aliphatic rings. The minimum atomic E-state index is -3.61. The Labute approximate surface area is 121 Å². The fourth-order valence-corrected chi connectivity index (χ4v) is 4.86. The van der Waals surface area contributed by atoms with Gasteiger partial charge in [-0.05, 0) is 56.6 Å². The molecule has 3 nitrogen and oxygen atoms in total. The molecular weight excluding hydrogens is 272 g/mol. The molecule has 0 amide bonds. The molecule has 1 aromatic rings. The van der Waals surface area contributed by atoms with E-state index in [1.54, 1.807) is 12.1 Å². The zero-order valence-electron chi connectivity index (χ0n) is 12.0. The van der Waals surface area contributed by atoms with E-state index in [1.165, 1.54) is 25.7 Å². The van der Waals surface area contributed by atoms with Crippen LogP contribution in [0.4, 0.5) is 0 Å². The highest BCUT2D eigenvalue weighted by molar-refractivity contribution is 7.86. The van der Waals surface area contributed by atoms with Crippen molar-refractivity contribution in [1.29, 1.82) is 0 Å². The number of rotatable bonds is 3. The normalized spacial score (nSPS) is 25.4. The van der Waals surface area contributed by atoms with Crippen LogP contribution in [0.5, 0.6) is 0 Å². The minimum Gasteiger partial charge on any atom is -0.263 e. The Morgan fingerprint density at radius 1 is 1.10 bits per heavy atom. The third-order valence-corrected chi connectivity index (χ3v) is 6.27. The Bertz CT molecular complexity index is 568. The van der Waals surface area contributed by atoms with Gasteiger partial charge in [0.15, 0.2) is 0 Å². The molecule has 1 atom stereocenters. The van der Waals surface area contributed by atoms with Gasteiger partial charge in [0.2, 0.25) is 0 Å². The van der Waals surface area contributed by atoms with E-state index < -0.39 is 10.1 Å². The summed E-state index contributed by atoms with van der Waals surface area (Å²) in [6.07, 6.45) is 7.87. The maximum absolute atomic E-state index is 12.3. The summed E-state index contributed by atoms with van der Waals surface area (Å²) in [5.74, 6) is 0. The predicted octanol–water partition coefficient (Wildman–Crippen LogP) is 3.81. The molecule has 2 fully saturated rings. The molecule has 1 spiro atoms. The van der Waals surface area contributed by atoms with E-state index >= 15 is 0 Å². The highest BCUT2D eigenvalue weighted by Crippen LogP contribution is 2.51. The van der Waals surface area contributed by atoms with E-state index in [-0.39, 0.29) is 11.0 Å². The molecule has 0 N–H and O–H groups in total. The molecule has 110 valence electrons. The average Bonchev–Trinajstić information content (AvgIpc) is 3.00. The molecule has 0 radical (unpaired) electrons. The third kappa shape index (κ3) is 2.77. The van der Waals surface area contributed by atoms with Gasteiger partial charge in [-0.15, -0.1) is 0 Å². The zero-order chi connectivity index (χ0) is 14.2. The van der Waals surface area contributed by atoms with Crippen LogP contribution in [0.2, 0.25) is 0 Å². The van der Waals surface area contributed by atoms with Crippen LogP contribution in [0.15, 0.2) is 29.2 Å². The molecule has 2 saturated carbocycles. The van der Waals surface area contributed by atoms with Gasteiger partial charge >= 0.3 is 0 Å². The maximum Gasteiger partial charge on any atom is 0.297 e. The van der Waals surface area contributed by atoms with E-state index in [9.17, 15) is 8.42 Å². The van der Waals surface area contributed by atoms with Crippen molar-refractivity contribution in [3.63, 3.8) is 0 Å². The second-order valence-corrected chi connectivity index (χ2v) is 8.01. The van der Waals surface area contributed by atoms with Crippen molar-refractivity contribution >= 4 is 10.1 Å². The quantitative estimate of drug-likeness (QED) is 0.796. The van der Waals surface area contributed by atoms with Crippen LogP contribution in [-0.4, -0.2) is 14.5 Å². The van der Waals surface area contributed by atoms with Crippen molar-refractivity contribution in [2.45, 2.75) is 62.9 Å². The standard InChI is InChI=1S/C16H22O3S/c1-13-4-6-15(7-5-13)20(17,18)19-14-8-11-16(12-14)9-2-3-10-16/h4-7,14H,2-3,8-12H2,1H3. The third-order valence-electron chi connectivity index (χ3n) is 4.89. The Hall–Kier alpha value is -0.870. The molecule has 0 heterocycles. The fourth-order valence-electron chi connectivity index (χ4n) is 3.76. The van der Waals surface area contributed by atoms with Crippen LogP contribution < -0.4 is 0 Å². The number of hydrogen-bond donors (Lipinski definition) is 0. The molecule has 2 aliphatic carbocycles. The summed E-state index contributed by atoms with van der Waals surface area (Å²) < 4.78 is 30.0. The number of hydrogen-bond acceptors (Lipinski definition) is 3. The Morgan fingerprint density at radius 2 is 1.75 bits per heavy atom. The first-order valence-electron chi connectivity index (χ1n) is 7.49. The van der Waals surface area contributed by atoms with Crippen LogP contribution in [0, 0.1) is 12.3 Å². The Morgan fingerprint density at radius 3 is 2.40 bits per heavy atom. The highest BCUT2D eigenvalue weighted by Gasteiger charge is 2.42. The predicted molar refractivity (Wildman–Crippen MR) is 78.0 cm³/mol. The van der Waals surface area contributed by atoms with Gasteiger partial charge in [-0.25, -0.2) is 0 Å². The van der Waals surface area contributed by atoms with E-state index in [4.69, 9.17) is 4.18 Å². The molecule has 4 heteroatoms. The van der Waals surface area contributed by atoms with Gasteiger partial charge < -0.3 is 0 Å². The topological polar surface area (TPSA) is 43.4 Å². The van der Waals surface area contributed by atoms with Crippen molar-refractivity contribution in [2.24, 2.45) is 5.41 Å². The smallest absolute Gasteiger partial charge is 0.263 e. The largest absolute Gasteiger partial charge is 0.297 e. The van der Waals surface area contributed by atoms with Gasteiger partial charge in [0.05, 0.1) is 11.0 Å². The summed E-state index contributed by atoms with van der Waals surface area (Å²) in [5, 5.41) is 0. The van der Waals surface area contributed by atoms with Crippen molar-refractivity contribution in [3.05, 3.63) is 29.8 Å². The monoisotopic (exact) mass is 294 g/mol. The van der Waals surface area contributed by atoms with Crippen molar-refractivity contribution in [3.8, 4) is 0 Å². The number of benzene rings is 1. The van der Waals surface area contributed by atoms with Crippen LogP contribution in [0.3, 0.4) is 0 Å². The highest BCUT2D eigenvalue weighted by atomic mass is 32.2. The van der Waals surface area contributed by atoms with Gasteiger partial charge in [0, 0.05) is 0 Å². The second-order valence-electron chi connectivity index (χ2n) is 6.44. The average molecular weight is 294 g/mol. The fraction of sp³-hybridized carbons (Fsp3) is 0.625. The van der Waals surface area contributed by atoms with Gasteiger partial charge in [0.1, 0.15) is 0 Å². The van der Waals surface area contributed by atoms with E-state index in [2.05, 4.69) is 0 Å². The summed E-state index contributed by atoms with van der Waals surface area (Å²) in [4.78, 5) is 0.274. The Balaban J connectivity index is 1.70. The van der Waals surface area contributed by atoms with Gasteiger partial charge in [-0.1, -0.05) is 30.5 Å². The zero-order valence-corrected chi connectivity index (χ0v) is 12.8. The van der Waals surface area contributed by atoms with E-state index in [0.29, 0.717) is 5.41 Å². The summed E-state index contributed by atoms with van der Waals surface area (Å²) >= 11 is 0. The van der Waals surface area contributed by atoms with E-state index in [0.717, 1.165) is 24.8 Å². The molecule has 0 aromatic heterocycles. The molecule has 3 rings (SSSR count). The van der Waals surface area contributed by atoms with Crippen molar-refractivity contribution < 1.29 is 12.6 Å². The molecule has 0 aliphatic heterocycles. The lowest BCUT2D eigenvalue weighted by Crippen LogP contribution is -2.18. The molecule has 1 unspecified atom stereocenters. The van der Waals surface area contributed by atoms with Crippen LogP contribution >= 0.6 is 0 Å².